The molecule has 0 saturated carbocycles. The Morgan fingerprint density at radius 2 is 1.70 bits per heavy atom. The van der Waals surface area contributed by atoms with E-state index in [4.69, 9.17) is 0 Å². The normalized spacial score (nSPS) is 12.0. The molecule has 1 nitrogen and oxygen atoms in total. The van der Waals surface area contributed by atoms with Gasteiger partial charge in [0.2, 0.25) is 5.69 Å². The Labute approximate surface area is 142 Å². The van der Waals surface area contributed by atoms with E-state index in [9.17, 15) is 0 Å². The van der Waals surface area contributed by atoms with Gasteiger partial charge in [-0.25, -0.2) is 4.57 Å². The summed E-state index contributed by atoms with van der Waals surface area (Å²) in [6.45, 7) is 13.8. The molecule has 2 rings (SSSR count). The SMILES string of the molecule is Cc1ccccc1-c1cc(CC(C)(C)C)c(CC(C)C)c[n+]1C. The number of benzene rings is 1. The number of aromatic nitrogens is 1. The smallest absolute Gasteiger partial charge is 0.201 e. The first-order valence-electron chi connectivity index (χ1n) is 8.75. The molecular weight excluding hydrogens is 278 g/mol. The van der Waals surface area contributed by atoms with Crippen molar-refractivity contribution in [3.05, 3.63) is 53.2 Å². The molecule has 0 unspecified atom stereocenters. The Morgan fingerprint density at radius 3 is 2.26 bits per heavy atom. The molecule has 0 N–H and O–H groups in total. The van der Waals surface area contributed by atoms with E-state index in [0.29, 0.717) is 11.3 Å². The van der Waals surface area contributed by atoms with Crippen LogP contribution in [0.5, 0.6) is 0 Å². The molecule has 0 spiro atoms. The molecule has 0 saturated heterocycles. The zero-order valence-electron chi connectivity index (χ0n) is 15.9. The summed E-state index contributed by atoms with van der Waals surface area (Å²) in [6.07, 6.45) is 4.62. The summed E-state index contributed by atoms with van der Waals surface area (Å²) in [5.41, 5.74) is 7.28. The maximum atomic E-state index is 2.42. The lowest BCUT2D eigenvalue weighted by Crippen LogP contribution is -2.33. The fourth-order valence-electron chi connectivity index (χ4n) is 3.23. The van der Waals surface area contributed by atoms with Gasteiger partial charge in [-0.2, -0.15) is 0 Å². The predicted octanol–water partition coefficient (Wildman–Crippen LogP) is 5.27. The number of pyridine rings is 1. The Bertz CT molecular complexity index is 675. The standard InChI is InChI=1S/C22H32N/c1-16(2)12-19-15-23(7)21(13-18(19)14-22(4,5)6)20-11-9-8-10-17(20)3/h8-11,13,15-16H,12,14H2,1-7H3/q+1. The predicted molar refractivity (Wildman–Crippen MR) is 99.5 cm³/mol. The van der Waals surface area contributed by atoms with Gasteiger partial charge in [0.15, 0.2) is 6.20 Å². The van der Waals surface area contributed by atoms with Crippen LogP contribution in [-0.2, 0) is 19.9 Å². The van der Waals surface area contributed by atoms with Crippen LogP contribution in [0.1, 0.15) is 51.3 Å². The minimum Gasteiger partial charge on any atom is -0.201 e. The second-order valence-corrected chi connectivity index (χ2v) is 8.47. The lowest BCUT2D eigenvalue weighted by Gasteiger charge is -2.21. The number of aryl methyl sites for hydroxylation is 2. The molecule has 0 bridgehead atoms. The van der Waals surface area contributed by atoms with Crippen molar-refractivity contribution >= 4 is 0 Å². The van der Waals surface area contributed by atoms with E-state index in [1.165, 1.54) is 27.9 Å². The maximum Gasteiger partial charge on any atom is 0.212 e. The molecule has 0 atom stereocenters. The van der Waals surface area contributed by atoms with Crippen LogP contribution in [0.3, 0.4) is 0 Å². The van der Waals surface area contributed by atoms with Crippen LogP contribution >= 0.6 is 0 Å². The van der Waals surface area contributed by atoms with Crippen molar-refractivity contribution in [2.75, 3.05) is 0 Å². The lowest BCUT2D eigenvalue weighted by molar-refractivity contribution is -0.660. The molecule has 1 aromatic carbocycles. The van der Waals surface area contributed by atoms with E-state index in [1.807, 2.05) is 0 Å². The highest BCUT2D eigenvalue weighted by Crippen LogP contribution is 2.28. The molecule has 1 heterocycles. The van der Waals surface area contributed by atoms with Crippen LogP contribution in [0.4, 0.5) is 0 Å². The summed E-state index contributed by atoms with van der Waals surface area (Å²) >= 11 is 0. The molecule has 0 aliphatic heterocycles. The fraction of sp³-hybridized carbons (Fsp3) is 0.500. The van der Waals surface area contributed by atoms with Gasteiger partial charge in [0.25, 0.3) is 0 Å². The second kappa shape index (κ2) is 6.86. The van der Waals surface area contributed by atoms with Gasteiger partial charge in [-0.1, -0.05) is 52.8 Å². The third kappa shape index (κ3) is 4.67. The van der Waals surface area contributed by atoms with Crippen molar-refractivity contribution < 1.29 is 4.57 Å². The van der Waals surface area contributed by atoms with Crippen molar-refractivity contribution in [2.45, 2.75) is 54.4 Å². The van der Waals surface area contributed by atoms with E-state index in [2.05, 4.69) is 89.7 Å². The van der Waals surface area contributed by atoms with Gasteiger partial charge >= 0.3 is 0 Å². The number of hydrogen-bond donors (Lipinski definition) is 0. The van der Waals surface area contributed by atoms with Crippen molar-refractivity contribution in [3.63, 3.8) is 0 Å². The molecule has 1 heteroatoms. The maximum absolute atomic E-state index is 2.42. The highest BCUT2D eigenvalue weighted by molar-refractivity contribution is 5.61. The van der Waals surface area contributed by atoms with Gasteiger partial charge in [0, 0.05) is 17.2 Å². The van der Waals surface area contributed by atoms with Crippen molar-refractivity contribution in [1.82, 2.24) is 0 Å². The average Bonchev–Trinajstić information content (AvgIpc) is 2.40. The van der Waals surface area contributed by atoms with Crippen LogP contribution in [-0.4, -0.2) is 0 Å². The molecule has 1 aromatic heterocycles. The van der Waals surface area contributed by atoms with E-state index in [1.54, 1.807) is 0 Å². The second-order valence-electron chi connectivity index (χ2n) is 8.47. The Hall–Kier alpha value is -1.63. The third-order valence-electron chi connectivity index (χ3n) is 4.22. The quantitative estimate of drug-likeness (QED) is 0.677. The van der Waals surface area contributed by atoms with Gasteiger partial charge in [0.1, 0.15) is 7.05 Å². The summed E-state index contributed by atoms with van der Waals surface area (Å²) < 4.78 is 2.30. The molecular formula is C22H32N+. The molecule has 124 valence electrons. The van der Waals surface area contributed by atoms with Crippen LogP contribution in [0, 0.1) is 18.3 Å². The summed E-state index contributed by atoms with van der Waals surface area (Å²) in [5, 5.41) is 0. The molecule has 2 aromatic rings. The largest absolute Gasteiger partial charge is 0.212 e. The van der Waals surface area contributed by atoms with Crippen LogP contribution in [0.15, 0.2) is 36.5 Å². The molecule has 0 aliphatic carbocycles. The summed E-state index contributed by atoms with van der Waals surface area (Å²) in [7, 11) is 2.17. The summed E-state index contributed by atoms with van der Waals surface area (Å²) in [6, 6.07) is 11.1. The Kier molecular flexibility index (Phi) is 5.29. The van der Waals surface area contributed by atoms with Crippen LogP contribution in [0.2, 0.25) is 0 Å². The summed E-state index contributed by atoms with van der Waals surface area (Å²) in [5.74, 6) is 0.679. The van der Waals surface area contributed by atoms with Crippen molar-refractivity contribution in [3.8, 4) is 11.3 Å². The van der Waals surface area contributed by atoms with E-state index < -0.39 is 0 Å². The number of nitrogens with zero attached hydrogens (tertiary/aromatic N) is 1. The van der Waals surface area contributed by atoms with Gasteiger partial charge in [-0.05, 0) is 48.3 Å². The third-order valence-corrected chi connectivity index (χ3v) is 4.22. The Balaban J connectivity index is 2.57. The van der Waals surface area contributed by atoms with Gasteiger partial charge in [0.05, 0.1) is 0 Å². The minimum absolute atomic E-state index is 0.300. The van der Waals surface area contributed by atoms with Gasteiger partial charge < -0.3 is 0 Å². The number of hydrogen-bond acceptors (Lipinski definition) is 0. The van der Waals surface area contributed by atoms with E-state index >= 15 is 0 Å². The first-order chi connectivity index (χ1) is 10.7. The zero-order chi connectivity index (χ0) is 17.2. The number of rotatable bonds is 4. The average molecular weight is 311 g/mol. The highest BCUT2D eigenvalue weighted by Gasteiger charge is 2.21. The van der Waals surface area contributed by atoms with E-state index in [-0.39, 0.29) is 0 Å². The molecule has 0 fully saturated rings. The van der Waals surface area contributed by atoms with Crippen LogP contribution < -0.4 is 4.57 Å². The molecule has 0 radical (unpaired) electrons. The highest BCUT2D eigenvalue weighted by atomic mass is 14.9. The van der Waals surface area contributed by atoms with Gasteiger partial charge in [-0.3, -0.25) is 0 Å². The zero-order valence-corrected chi connectivity index (χ0v) is 15.9. The van der Waals surface area contributed by atoms with Crippen molar-refractivity contribution in [1.29, 1.82) is 0 Å². The molecule has 23 heavy (non-hydrogen) atoms. The monoisotopic (exact) mass is 310 g/mol. The minimum atomic E-state index is 0.300. The first-order valence-corrected chi connectivity index (χ1v) is 8.75. The van der Waals surface area contributed by atoms with E-state index in [0.717, 1.165) is 12.8 Å². The van der Waals surface area contributed by atoms with Gasteiger partial charge in [-0.15, -0.1) is 0 Å². The first kappa shape index (κ1) is 17.7. The fourth-order valence-corrected chi connectivity index (χ4v) is 3.23. The molecule has 0 aliphatic rings. The van der Waals surface area contributed by atoms with Crippen LogP contribution in [0.25, 0.3) is 11.3 Å². The summed E-state index contributed by atoms with van der Waals surface area (Å²) in [4.78, 5) is 0. The molecule has 0 amide bonds. The van der Waals surface area contributed by atoms with Crippen molar-refractivity contribution in [2.24, 2.45) is 18.4 Å². The topological polar surface area (TPSA) is 3.88 Å². The Morgan fingerprint density at radius 1 is 1.04 bits per heavy atom. The lowest BCUT2D eigenvalue weighted by atomic mass is 9.84.